The van der Waals surface area contributed by atoms with Gasteiger partial charge in [0.05, 0.1) is 6.04 Å². The molecule has 2 aromatic carbocycles. The third kappa shape index (κ3) is 6.85. The molecule has 0 aliphatic carbocycles. The van der Waals surface area contributed by atoms with Crippen LogP contribution in [0.25, 0.3) is 0 Å². The summed E-state index contributed by atoms with van der Waals surface area (Å²) in [5.41, 5.74) is 1.69. The average Bonchev–Trinajstić information content (AvgIpc) is 2.67. The number of halogens is 2. The number of amides is 3. The van der Waals surface area contributed by atoms with Gasteiger partial charge in [-0.2, -0.15) is 0 Å². The number of nitrogens with one attached hydrogen (secondary N) is 3. The smallest absolute Gasteiger partial charge is 0.315 e. The molecule has 3 N–H and O–H groups in total. The number of carbonyl (C=O) groups excluding carboxylic acids is 2. The Labute approximate surface area is 169 Å². The van der Waals surface area contributed by atoms with Crippen molar-refractivity contribution in [3.63, 3.8) is 0 Å². The summed E-state index contributed by atoms with van der Waals surface area (Å²) < 4.78 is 12.9. The lowest BCUT2D eigenvalue weighted by Gasteiger charge is -2.21. The van der Waals surface area contributed by atoms with Crippen molar-refractivity contribution in [1.82, 2.24) is 16.0 Å². The number of hydrogen-bond donors (Lipinski definition) is 3. The first-order chi connectivity index (χ1) is 13.4. The van der Waals surface area contributed by atoms with Gasteiger partial charge in [0, 0.05) is 11.6 Å². The predicted octanol–water partition coefficient (Wildman–Crippen LogP) is 4.32. The minimum atomic E-state index is -0.645. The first-order valence-corrected chi connectivity index (χ1v) is 9.61. The molecule has 0 unspecified atom stereocenters. The molecule has 0 bridgehead atoms. The molecule has 150 valence electrons. The van der Waals surface area contributed by atoms with E-state index in [1.807, 2.05) is 26.0 Å². The normalized spacial score (nSPS) is 12.7. The highest BCUT2D eigenvalue weighted by Crippen LogP contribution is 2.16. The molecular formula is C21H25ClFN3O2. The van der Waals surface area contributed by atoms with E-state index in [4.69, 9.17) is 11.6 Å². The molecule has 7 heteroatoms. The molecule has 5 nitrogen and oxygen atoms in total. The highest BCUT2D eigenvalue weighted by molar-refractivity contribution is 6.30. The summed E-state index contributed by atoms with van der Waals surface area (Å²) in [4.78, 5) is 24.8. The maximum atomic E-state index is 12.9. The second kappa shape index (κ2) is 10.7. The average molecular weight is 406 g/mol. The SMILES string of the molecule is CCC[C@@H](NC(=O)NCc1ccc(F)cc1)C(=O)N[C@@H](C)c1ccc(Cl)cc1. The minimum Gasteiger partial charge on any atom is -0.348 e. The summed E-state index contributed by atoms with van der Waals surface area (Å²) in [6, 6.07) is 11.8. The Kier molecular flexibility index (Phi) is 8.26. The van der Waals surface area contributed by atoms with Crippen molar-refractivity contribution < 1.29 is 14.0 Å². The monoisotopic (exact) mass is 405 g/mol. The van der Waals surface area contributed by atoms with E-state index in [0.29, 0.717) is 11.4 Å². The van der Waals surface area contributed by atoms with Crippen LogP contribution in [0, 0.1) is 5.82 Å². The second-order valence-corrected chi connectivity index (χ2v) is 7.01. The first-order valence-electron chi connectivity index (χ1n) is 9.23. The third-order valence-corrected chi connectivity index (χ3v) is 4.55. The summed E-state index contributed by atoms with van der Waals surface area (Å²) in [5, 5.41) is 8.94. The van der Waals surface area contributed by atoms with E-state index in [1.54, 1.807) is 24.3 Å². The fourth-order valence-electron chi connectivity index (χ4n) is 2.70. The van der Waals surface area contributed by atoms with Crippen LogP contribution in [0.4, 0.5) is 9.18 Å². The fourth-order valence-corrected chi connectivity index (χ4v) is 2.83. The van der Waals surface area contributed by atoms with E-state index in [0.717, 1.165) is 17.5 Å². The van der Waals surface area contributed by atoms with Gasteiger partial charge >= 0.3 is 6.03 Å². The van der Waals surface area contributed by atoms with Crippen LogP contribution >= 0.6 is 11.6 Å². The van der Waals surface area contributed by atoms with E-state index < -0.39 is 12.1 Å². The maximum absolute atomic E-state index is 12.9. The summed E-state index contributed by atoms with van der Waals surface area (Å²) in [6.07, 6.45) is 1.26. The summed E-state index contributed by atoms with van der Waals surface area (Å²) in [6.45, 7) is 4.06. The van der Waals surface area contributed by atoms with Gasteiger partial charge in [-0.05, 0) is 48.7 Å². The van der Waals surface area contributed by atoms with Crippen LogP contribution in [0.1, 0.15) is 43.9 Å². The first kappa shape index (κ1) is 21.7. The molecule has 0 fully saturated rings. The van der Waals surface area contributed by atoms with Gasteiger partial charge in [-0.15, -0.1) is 0 Å². The molecule has 0 aliphatic heterocycles. The second-order valence-electron chi connectivity index (χ2n) is 6.58. The van der Waals surface area contributed by atoms with E-state index in [2.05, 4.69) is 16.0 Å². The molecule has 0 saturated carbocycles. The zero-order valence-corrected chi connectivity index (χ0v) is 16.7. The molecule has 2 atom stereocenters. The summed E-state index contributed by atoms with van der Waals surface area (Å²) in [5.74, 6) is -0.580. The van der Waals surface area contributed by atoms with Crippen LogP contribution in [0.15, 0.2) is 48.5 Å². The lowest BCUT2D eigenvalue weighted by atomic mass is 10.1. The Morgan fingerprint density at radius 2 is 1.68 bits per heavy atom. The van der Waals surface area contributed by atoms with Crippen LogP contribution in [-0.2, 0) is 11.3 Å². The van der Waals surface area contributed by atoms with Crippen molar-refractivity contribution in [3.8, 4) is 0 Å². The van der Waals surface area contributed by atoms with Crippen molar-refractivity contribution in [2.24, 2.45) is 0 Å². The Bertz CT molecular complexity index is 781. The van der Waals surface area contributed by atoms with Crippen molar-refractivity contribution >= 4 is 23.5 Å². The van der Waals surface area contributed by atoms with Gasteiger partial charge in [0.15, 0.2) is 0 Å². The Morgan fingerprint density at radius 3 is 2.29 bits per heavy atom. The van der Waals surface area contributed by atoms with Crippen molar-refractivity contribution in [2.45, 2.75) is 45.3 Å². The zero-order valence-electron chi connectivity index (χ0n) is 16.0. The molecule has 0 aliphatic rings. The van der Waals surface area contributed by atoms with Crippen LogP contribution in [0.2, 0.25) is 5.02 Å². The molecule has 0 heterocycles. The number of hydrogen-bond acceptors (Lipinski definition) is 2. The third-order valence-electron chi connectivity index (χ3n) is 4.29. The summed E-state index contributed by atoms with van der Waals surface area (Å²) >= 11 is 5.89. The predicted molar refractivity (Wildman–Crippen MR) is 108 cm³/mol. The van der Waals surface area contributed by atoms with Crippen molar-refractivity contribution in [3.05, 3.63) is 70.5 Å². The topological polar surface area (TPSA) is 70.2 Å². The van der Waals surface area contributed by atoms with Gasteiger partial charge in [-0.1, -0.05) is 49.2 Å². The Balaban J connectivity index is 1.89. The quantitative estimate of drug-likeness (QED) is 0.612. The van der Waals surface area contributed by atoms with Crippen molar-refractivity contribution in [1.29, 1.82) is 0 Å². The zero-order chi connectivity index (χ0) is 20.5. The minimum absolute atomic E-state index is 0.215. The molecule has 0 spiro atoms. The van der Waals surface area contributed by atoms with Crippen molar-refractivity contribution in [2.75, 3.05) is 0 Å². The standard InChI is InChI=1S/C21H25ClFN3O2/c1-3-4-19(20(27)25-14(2)16-7-9-17(22)10-8-16)26-21(28)24-13-15-5-11-18(23)12-6-15/h5-12,14,19H,3-4,13H2,1-2H3,(H,25,27)(H2,24,26,28)/t14-,19+/m0/s1. The number of rotatable bonds is 8. The molecule has 0 saturated heterocycles. The van der Waals surface area contributed by atoms with Crippen LogP contribution in [0.3, 0.4) is 0 Å². The van der Waals surface area contributed by atoms with Gasteiger partial charge in [-0.3, -0.25) is 4.79 Å². The van der Waals surface area contributed by atoms with E-state index in [-0.39, 0.29) is 24.3 Å². The maximum Gasteiger partial charge on any atom is 0.315 e. The van der Waals surface area contributed by atoms with Gasteiger partial charge in [-0.25, -0.2) is 9.18 Å². The Morgan fingerprint density at radius 1 is 1.04 bits per heavy atom. The van der Waals surface area contributed by atoms with Crippen LogP contribution in [0.5, 0.6) is 0 Å². The molecule has 2 aromatic rings. The molecular weight excluding hydrogens is 381 g/mol. The Hall–Kier alpha value is -2.60. The van der Waals surface area contributed by atoms with Gasteiger partial charge in [0.2, 0.25) is 5.91 Å². The highest BCUT2D eigenvalue weighted by Gasteiger charge is 2.21. The molecule has 0 aromatic heterocycles. The van der Waals surface area contributed by atoms with Gasteiger partial charge < -0.3 is 16.0 Å². The van der Waals surface area contributed by atoms with Gasteiger partial charge in [0.25, 0.3) is 0 Å². The fraction of sp³-hybridized carbons (Fsp3) is 0.333. The number of carbonyl (C=O) groups is 2. The lowest BCUT2D eigenvalue weighted by Crippen LogP contribution is -2.50. The van der Waals surface area contributed by atoms with Gasteiger partial charge in [0.1, 0.15) is 11.9 Å². The van der Waals surface area contributed by atoms with E-state index in [9.17, 15) is 14.0 Å². The molecule has 3 amide bonds. The largest absolute Gasteiger partial charge is 0.348 e. The van der Waals surface area contributed by atoms with Crippen LogP contribution in [-0.4, -0.2) is 18.0 Å². The summed E-state index contributed by atoms with van der Waals surface area (Å²) in [7, 11) is 0. The molecule has 2 rings (SSSR count). The molecule has 28 heavy (non-hydrogen) atoms. The van der Waals surface area contributed by atoms with E-state index >= 15 is 0 Å². The van der Waals surface area contributed by atoms with Crippen LogP contribution < -0.4 is 16.0 Å². The number of urea groups is 1. The lowest BCUT2D eigenvalue weighted by molar-refractivity contribution is -0.123. The van der Waals surface area contributed by atoms with E-state index in [1.165, 1.54) is 12.1 Å². The molecule has 0 radical (unpaired) electrons. The number of benzene rings is 2. The highest BCUT2D eigenvalue weighted by atomic mass is 35.5.